The molecule has 0 aromatic carbocycles. The molecule has 10 heavy (non-hydrogen) atoms. The van der Waals surface area contributed by atoms with Crippen LogP contribution in [0, 0.1) is 5.92 Å². The predicted molar refractivity (Wildman–Crippen MR) is 47.7 cm³/mol. The molecule has 0 aliphatic carbocycles. The van der Waals surface area contributed by atoms with E-state index in [0.29, 0.717) is 4.86 Å². The minimum Gasteiger partial charge on any atom is -0.477 e. The van der Waals surface area contributed by atoms with Crippen LogP contribution in [0.3, 0.4) is 0 Å². The molecule has 1 unspecified atom stereocenters. The molecule has 0 bridgehead atoms. The van der Waals surface area contributed by atoms with Gasteiger partial charge in [-0.3, -0.25) is 0 Å². The highest BCUT2D eigenvalue weighted by atomic mass is 32.1. The molecule has 1 N–H and O–H groups in total. The number of aliphatic carboxylic acids is 1. The normalized spacial score (nSPS) is 12.2. The summed E-state index contributed by atoms with van der Waals surface area (Å²) in [5, 5.41) is 8.40. The third-order valence-electron chi connectivity index (χ3n) is 1.21. The summed E-state index contributed by atoms with van der Waals surface area (Å²) in [7, 11) is 0. The SMILES string of the molecule is CC(=S)C(C)C(=S)C(=O)O. The molecule has 0 aromatic rings. The minimum atomic E-state index is -1.05. The van der Waals surface area contributed by atoms with Crippen LogP contribution >= 0.6 is 24.4 Å². The van der Waals surface area contributed by atoms with Gasteiger partial charge in [-0.1, -0.05) is 31.4 Å². The molecule has 0 aromatic heterocycles. The van der Waals surface area contributed by atoms with Gasteiger partial charge in [-0.05, 0) is 11.8 Å². The Balaban J connectivity index is 4.22. The van der Waals surface area contributed by atoms with E-state index >= 15 is 0 Å². The Labute approximate surface area is 70.2 Å². The van der Waals surface area contributed by atoms with Gasteiger partial charge in [0, 0.05) is 5.92 Å². The van der Waals surface area contributed by atoms with Gasteiger partial charge in [0.2, 0.25) is 0 Å². The molecule has 0 radical (unpaired) electrons. The van der Waals surface area contributed by atoms with Crippen molar-refractivity contribution in [1.82, 2.24) is 0 Å². The van der Waals surface area contributed by atoms with Crippen LogP contribution in [0.25, 0.3) is 0 Å². The van der Waals surface area contributed by atoms with Crippen molar-refractivity contribution < 1.29 is 9.90 Å². The summed E-state index contributed by atoms with van der Waals surface area (Å²) in [6.07, 6.45) is 0. The number of carboxylic acids is 1. The van der Waals surface area contributed by atoms with Crippen molar-refractivity contribution in [1.29, 1.82) is 0 Å². The van der Waals surface area contributed by atoms with Crippen molar-refractivity contribution in [2.24, 2.45) is 5.92 Å². The van der Waals surface area contributed by atoms with Gasteiger partial charge < -0.3 is 5.11 Å². The average molecular weight is 176 g/mol. The van der Waals surface area contributed by atoms with Crippen LogP contribution in [0.15, 0.2) is 0 Å². The first kappa shape index (κ1) is 9.65. The molecule has 0 spiro atoms. The Hall–Kier alpha value is -0.350. The number of hydrogen-bond donors (Lipinski definition) is 1. The summed E-state index contributed by atoms with van der Waals surface area (Å²) in [5.41, 5.74) is 0. The Kier molecular flexibility index (Phi) is 3.60. The van der Waals surface area contributed by atoms with Crippen LogP contribution in [0.5, 0.6) is 0 Å². The summed E-state index contributed by atoms with van der Waals surface area (Å²) in [5.74, 6) is -1.32. The Morgan fingerprint density at radius 2 is 1.90 bits per heavy atom. The monoisotopic (exact) mass is 176 g/mol. The van der Waals surface area contributed by atoms with Crippen LogP contribution in [-0.2, 0) is 4.79 Å². The van der Waals surface area contributed by atoms with Gasteiger partial charge in [0.1, 0.15) is 4.86 Å². The van der Waals surface area contributed by atoms with Crippen molar-refractivity contribution in [2.45, 2.75) is 13.8 Å². The topological polar surface area (TPSA) is 37.3 Å². The highest BCUT2D eigenvalue weighted by Gasteiger charge is 2.16. The summed E-state index contributed by atoms with van der Waals surface area (Å²) in [6.45, 7) is 3.38. The standard InChI is InChI=1S/C6H8O2S2/c1-3(4(2)9)5(10)6(7)8/h3H,1-2H3,(H,7,8). The molecule has 56 valence electrons. The fraction of sp³-hybridized carbons (Fsp3) is 0.500. The molecule has 0 aliphatic heterocycles. The van der Waals surface area contributed by atoms with Crippen molar-refractivity contribution in [3.05, 3.63) is 0 Å². The molecule has 4 heteroatoms. The van der Waals surface area contributed by atoms with Gasteiger partial charge in [0.25, 0.3) is 0 Å². The van der Waals surface area contributed by atoms with Crippen molar-refractivity contribution in [2.75, 3.05) is 0 Å². The number of carbonyl (C=O) groups is 1. The van der Waals surface area contributed by atoms with E-state index in [1.54, 1.807) is 13.8 Å². The van der Waals surface area contributed by atoms with E-state index in [1.807, 2.05) is 0 Å². The first-order chi connectivity index (χ1) is 4.46. The summed E-state index contributed by atoms with van der Waals surface area (Å²) in [6, 6.07) is 0. The lowest BCUT2D eigenvalue weighted by molar-refractivity contribution is -0.129. The van der Waals surface area contributed by atoms with Gasteiger partial charge >= 0.3 is 5.97 Å². The zero-order chi connectivity index (χ0) is 8.31. The van der Waals surface area contributed by atoms with Crippen LogP contribution in [0.2, 0.25) is 0 Å². The predicted octanol–water partition coefficient (Wildman–Crippen LogP) is 1.47. The van der Waals surface area contributed by atoms with Crippen LogP contribution in [0.1, 0.15) is 13.8 Å². The second-order valence-electron chi connectivity index (χ2n) is 2.00. The van der Waals surface area contributed by atoms with Gasteiger partial charge in [-0.2, -0.15) is 0 Å². The Morgan fingerprint density at radius 3 is 2.00 bits per heavy atom. The molecule has 1 atom stereocenters. The minimum absolute atomic E-state index is 0.00694. The maximum atomic E-state index is 10.2. The molecule has 0 fully saturated rings. The molecule has 0 saturated heterocycles. The summed E-state index contributed by atoms with van der Waals surface area (Å²) in [4.78, 5) is 10.9. The highest BCUT2D eigenvalue weighted by molar-refractivity contribution is 7.83. The van der Waals surface area contributed by atoms with E-state index in [4.69, 9.17) is 17.3 Å². The maximum absolute atomic E-state index is 10.2. The fourth-order valence-electron chi connectivity index (χ4n) is 0.370. The lowest BCUT2D eigenvalue weighted by atomic mass is 10.1. The first-order valence-electron chi connectivity index (χ1n) is 2.74. The lowest BCUT2D eigenvalue weighted by Crippen LogP contribution is -2.23. The van der Waals surface area contributed by atoms with E-state index in [0.717, 1.165) is 0 Å². The maximum Gasteiger partial charge on any atom is 0.343 e. The lowest BCUT2D eigenvalue weighted by Gasteiger charge is -2.05. The van der Waals surface area contributed by atoms with Gasteiger partial charge in [-0.15, -0.1) is 0 Å². The third kappa shape index (κ3) is 2.49. The van der Waals surface area contributed by atoms with Gasteiger partial charge in [0.15, 0.2) is 0 Å². The molecular weight excluding hydrogens is 168 g/mol. The molecular formula is C6H8O2S2. The highest BCUT2D eigenvalue weighted by Crippen LogP contribution is 2.02. The average Bonchev–Trinajstić information content (AvgIpc) is 1.84. The Morgan fingerprint density at radius 1 is 1.50 bits per heavy atom. The first-order valence-corrected chi connectivity index (χ1v) is 3.56. The molecule has 0 rings (SSSR count). The largest absolute Gasteiger partial charge is 0.477 e. The fourth-order valence-corrected chi connectivity index (χ4v) is 0.739. The van der Waals surface area contributed by atoms with Crippen LogP contribution in [0.4, 0.5) is 0 Å². The van der Waals surface area contributed by atoms with E-state index < -0.39 is 5.97 Å². The van der Waals surface area contributed by atoms with Crippen molar-refractivity contribution in [3.63, 3.8) is 0 Å². The molecule has 0 aliphatic rings. The third-order valence-corrected chi connectivity index (χ3v) is 2.10. The second kappa shape index (κ2) is 3.73. The van der Waals surface area contributed by atoms with Crippen LogP contribution in [-0.4, -0.2) is 20.8 Å². The van der Waals surface area contributed by atoms with Crippen molar-refractivity contribution >= 4 is 40.1 Å². The summed E-state index contributed by atoms with van der Waals surface area (Å²) < 4.78 is 0. The summed E-state index contributed by atoms with van der Waals surface area (Å²) >= 11 is 9.35. The number of carboxylic acid groups (broad SMARTS) is 1. The van der Waals surface area contributed by atoms with Gasteiger partial charge in [-0.25, -0.2) is 4.79 Å². The smallest absolute Gasteiger partial charge is 0.343 e. The molecule has 0 amide bonds. The van der Waals surface area contributed by atoms with Gasteiger partial charge in [0.05, 0.1) is 0 Å². The quantitative estimate of drug-likeness (QED) is 0.661. The molecule has 0 saturated carbocycles. The van der Waals surface area contributed by atoms with E-state index in [1.165, 1.54) is 0 Å². The van der Waals surface area contributed by atoms with E-state index in [-0.39, 0.29) is 10.8 Å². The van der Waals surface area contributed by atoms with E-state index in [2.05, 4.69) is 12.2 Å². The zero-order valence-corrected chi connectivity index (χ0v) is 7.38. The molecule has 0 heterocycles. The van der Waals surface area contributed by atoms with E-state index in [9.17, 15) is 4.79 Å². The second-order valence-corrected chi connectivity index (χ2v) is 3.09. The molecule has 2 nitrogen and oxygen atoms in total. The zero-order valence-electron chi connectivity index (χ0n) is 5.75. The number of thiocarbonyl (C=S) groups is 2. The number of rotatable bonds is 3. The van der Waals surface area contributed by atoms with Crippen molar-refractivity contribution in [3.8, 4) is 0 Å². The number of hydrogen-bond acceptors (Lipinski definition) is 3. The van der Waals surface area contributed by atoms with Crippen LogP contribution < -0.4 is 0 Å². The Bertz CT molecular complexity index is 186.